The highest BCUT2D eigenvalue weighted by Crippen LogP contribution is 2.62. The highest BCUT2D eigenvalue weighted by Gasteiger charge is 2.58. The van der Waals surface area contributed by atoms with Crippen molar-refractivity contribution < 1.29 is 0 Å². The van der Waals surface area contributed by atoms with Gasteiger partial charge in [0.2, 0.25) is 0 Å². The Labute approximate surface area is 163 Å². The average molecular weight is 368 g/mol. The summed E-state index contributed by atoms with van der Waals surface area (Å²) in [5.41, 5.74) is 7.69. The molecule has 4 unspecified atom stereocenters. The smallest absolute Gasteiger partial charge is 0.150 e. The predicted molar refractivity (Wildman–Crippen MR) is 112 cm³/mol. The third-order valence-electron chi connectivity index (χ3n) is 6.25. The summed E-state index contributed by atoms with van der Waals surface area (Å²) in [7, 11) is 1.95. The Balaban J connectivity index is 1.57. The second-order valence-corrected chi connectivity index (χ2v) is 7.66. The van der Waals surface area contributed by atoms with Crippen molar-refractivity contribution in [2.45, 2.75) is 24.3 Å². The molecule has 28 heavy (non-hydrogen) atoms. The molecule has 0 spiro atoms. The maximum atomic E-state index is 7.79. The molecule has 1 saturated carbocycles. The number of likely N-dealkylation sites (N-methyl/N-ethyl adjacent to an activating group) is 1. The largest absolute Gasteiger partial charge is 0.361 e. The van der Waals surface area contributed by atoms with Crippen LogP contribution < -0.4 is 5.32 Å². The summed E-state index contributed by atoms with van der Waals surface area (Å²) in [5, 5.41) is 11.4. The molecule has 2 aromatic rings. The summed E-state index contributed by atoms with van der Waals surface area (Å²) in [5.74, 6) is 0.344. The highest BCUT2D eigenvalue weighted by atomic mass is 15.3. The van der Waals surface area contributed by atoms with Gasteiger partial charge in [-0.2, -0.15) is 0 Å². The van der Waals surface area contributed by atoms with Crippen LogP contribution in [0.4, 0.5) is 5.69 Å². The standard InChI is InChI=1S/C22H20N6/c1-27(10-23)22-18(15-8-4-5-9-16(15)26-22)19-17-13-6-2-3-7-14(13)21-25-11-24-12-28(21)20(17)19/h2-12,17,20-23,26H,1H3/b19-18+,23-10?. The van der Waals surface area contributed by atoms with E-state index in [0.717, 1.165) is 5.69 Å². The van der Waals surface area contributed by atoms with Gasteiger partial charge in [-0.3, -0.25) is 5.41 Å². The van der Waals surface area contributed by atoms with E-state index in [1.54, 1.807) is 6.34 Å². The molecule has 0 saturated heterocycles. The van der Waals surface area contributed by atoms with Crippen LogP contribution in [0, 0.1) is 5.41 Å². The van der Waals surface area contributed by atoms with E-state index in [-0.39, 0.29) is 18.4 Å². The van der Waals surface area contributed by atoms with E-state index < -0.39 is 0 Å². The second-order valence-electron chi connectivity index (χ2n) is 7.66. The summed E-state index contributed by atoms with van der Waals surface area (Å²) in [6, 6.07) is 17.3. The number of nitrogens with zero attached hydrogens (tertiary/aromatic N) is 4. The Hall–Kier alpha value is -3.41. The Bertz CT molecular complexity index is 1080. The number of para-hydroxylation sites is 1. The third-order valence-corrected chi connectivity index (χ3v) is 6.25. The lowest BCUT2D eigenvalue weighted by atomic mass is 9.96. The number of anilines is 1. The van der Waals surface area contributed by atoms with Crippen LogP contribution in [0.5, 0.6) is 0 Å². The maximum Gasteiger partial charge on any atom is 0.150 e. The fourth-order valence-electron chi connectivity index (χ4n) is 4.99. The Kier molecular flexibility index (Phi) is 3.10. The zero-order chi connectivity index (χ0) is 18.8. The van der Waals surface area contributed by atoms with Crippen LogP contribution in [0.1, 0.15) is 28.8 Å². The first-order valence-electron chi connectivity index (χ1n) is 9.53. The molecule has 1 fully saturated rings. The number of aliphatic imine (C=N–C) groups is 2. The maximum absolute atomic E-state index is 7.79. The normalized spacial score (nSPS) is 30.7. The molecule has 1 aliphatic carbocycles. The number of rotatable bonds is 2. The molecule has 6 heteroatoms. The molecule has 3 aliphatic heterocycles. The Morgan fingerprint density at radius 1 is 1.11 bits per heavy atom. The van der Waals surface area contributed by atoms with Crippen molar-refractivity contribution in [1.29, 1.82) is 5.41 Å². The summed E-state index contributed by atoms with van der Waals surface area (Å²) >= 11 is 0. The molecule has 2 N–H and O–H groups in total. The van der Waals surface area contributed by atoms with Crippen LogP contribution in [-0.4, -0.2) is 48.1 Å². The van der Waals surface area contributed by atoms with E-state index in [2.05, 4.69) is 68.7 Å². The van der Waals surface area contributed by atoms with Crippen LogP contribution in [0.15, 0.2) is 64.1 Å². The molecule has 3 heterocycles. The molecule has 6 rings (SSSR count). The van der Waals surface area contributed by atoms with Gasteiger partial charge in [-0.05, 0) is 17.2 Å². The van der Waals surface area contributed by atoms with Crippen molar-refractivity contribution in [2.24, 2.45) is 9.98 Å². The van der Waals surface area contributed by atoms with Crippen LogP contribution in [0.25, 0.3) is 5.57 Å². The third kappa shape index (κ3) is 1.94. The highest BCUT2D eigenvalue weighted by molar-refractivity contribution is 5.93. The summed E-state index contributed by atoms with van der Waals surface area (Å²) < 4.78 is 0. The molecular formula is C22H20N6. The molecule has 0 aromatic heterocycles. The first-order valence-corrected chi connectivity index (χ1v) is 9.53. The van der Waals surface area contributed by atoms with E-state index in [0.29, 0.717) is 5.92 Å². The lowest BCUT2D eigenvalue weighted by Gasteiger charge is -2.33. The monoisotopic (exact) mass is 368 g/mol. The molecule has 0 amide bonds. The molecule has 2 aromatic carbocycles. The Morgan fingerprint density at radius 3 is 2.75 bits per heavy atom. The number of nitrogens with one attached hydrogen (secondary N) is 2. The summed E-state index contributed by atoms with van der Waals surface area (Å²) in [4.78, 5) is 13.2. The van der Waals surface area contributed by atoms with Crippen LogP contribution >= 0.6 is 0 Å². The molecule has 0 radical (unpaired) electrons. The molecule has 4 aliphatic rings. The quantitative estimate of drug-likeness (QED) is 0.631. The fraction of sp³-hybridized carbons (Fsp3) is 0.227. The molecule has 0 bridgehead atoms. The van der Waals surface area contributed by atoms with E-state index in [1.165, 1.54) is 34.2 Å². The SMILES string of the molecule is CN(C=N)C1Nc2ccccc2/C1=C1/C2c3ccccc3C3N=CN=CN3C12. The topological polar surface area (TPSA) is 67.1 Å². The van der Waals surface area contributed by atoms with Gasteiger partial charge in [-0.15, -0.1) is 0 Å². The van der Waals surface area contributed by atoms with Crippen molar-refractivity contribution in [3.05, 3.63) is 70.8 Å². The number of fused-ring (bicyclic) bond motifs is 7. The van der Waals surface area contributed by atoms with E-state index >= 15 is 0 Å². The van der Waals surface area contributed by atoms with Gasteiger partial charge < -0.3 is 15.1 Å². The minimum absolute atomic E-state index is 0.00317. The second kappa shape index (κ2) is 5.55. The first-order chi connectivity index (χ1) is 13.8. The van der Waals surface area contributed by atoms with Gasteiger partial charge in [0.25, 0.3) is 0 Å². The van der Waals surface area contributed by atoms with Crippen molar-refractivity contribution in [3.63, 3.8) is 0 Å². The molecular weight excluding hydrogens is 348 g/mol. The lowest BCUT2D eigenvalue weighted by Crippen LogP contribution is -2.36. The van der Waals surface area contributed by atoms with Crippen molar-refractivity contribution >= 4 is 30.3 Å². The first kappa shape index (κ1) is 15.6. The Morgan fingerprint density at radius 2 is 1.89 bits per heavy atom. The van der Waals surface area contributed by atoms with E-state index in [4.69, 9.17) is 5.41 Å². The summed E-state index contributed by atoms with van der Waals surface area (Å²) in [6.45, 7) is 0. The summed E-state index contributed by atoms with van der Waals surface area (Å²) in [6.07, 6.45) is 4.94. The van der Waals surface area contributed by atoms with Crippen molar-refractivity contribution in [3.8, 4) is 0 Å². The van der Waals surface area contributed by atoms with Crippen LogP contribution in [0.3, 0.4) is 0 Å². The fourth-order valence-corrected chi connectivity index (χ4v) is 4.99. The predicted octanol–water partition coefficient (Wildman–Crippen LogP) is 3.28. The zero-order valence-corrected chi connectivity index (χ0v) is 15.4. The van der Waals surface area contributed by atoms with Gasteiger partial charge >= 0.3 is 0 Å². The van der Waals surface area contributed by atoms with Crippen molar-refractivity contribution in [2.75, 3.05) is 12.4 Å². The van der Waals surface area contributed by atoms with Gasteiger partial charge in [0.05, 0.1) is 18.7 Å². The average Bonchev–Trinajstić information content (AvgIpc) is 3.38. The number of hydrogen-bond acceptors (Lipinski definition) is 5. The molecule has 6 nitrogen and oxygen atoms in total. The minimum atomic E-state index is -0.0358. The van der Waals surface area contributed by atoms with Crippen LogP contribution in [-0.2, 0) is 0 Å². The molecule has 4 atom stereocenters. The van der Waals surface area contributed by atoms with Gasteiger partial charge in [0, 0.05) is 35.4 Å². The van der Waals surface area contributed by atoms with Crippen molar-refractivity contribution in [1.82, 2.24) is 9.80 Å². The van der Waals surface area contributed by atoms with E-state index in [1.807, 2.05) is 18.3 Å². The van der Waals surface area contributed by atoms with Gasteiger partial charge in [-0.1, -0.05) is 42.5 Å². The van der Waals surface area contributed by atoms with E-state index in [9.17, 15) is 0 Å². The molecule has 138 valence electrons. The zero-order valence-electron chi connectivity index (χ0n) is 15.4. The number of benzene rings is 2. The lowest BCUT2D eigenvalue weighted by molar-refractivity contribution is 0.307. The minimum Gasteiger partial charge on any atom is -0.361 e. The van der Waals surface area contributed by atoms with Gasteiger partial charge in [-0.25, -0.2) is 9.98 Å². The van der Waals surface area contributed by atoms with Gasteiger partial charge in [0.15, 0.2) is 0 Å². The number of hydrogen-bond donors (Lipinski definition) is 2. The van der Waals surface area contributed by atoms with Gasteiger partial charge in [0.1, 0.15) is 18.7 Å². The van der Waals surface area contributed by atoms with Crippen LogP contribution in [0.2, 0.25) is 0 Å².